The minimum atomic E-state index is -0.163. The first-order valence-electron chi connectivity index (χ1n) is 10.7. The molecular weight excluding hydrogens is 388 g/mol. The smallest absolute Gasteiger partial charge is 0.322 e. The van der Waals surface area contributed by atoms with Gasteiger partial charge in [0.15, 0.2) is 5.58 Å². The summed E-state index contributed by atoms with van der Waals surface area (Å²) in [6.45, 7) is 2.80. The molecule has 156 valence electrons. The van der Waals surface area contributed by atoms with Crippen LogP contribution in [-0.2, 0) is 6.42 Å². The van der Waals surface area contributed by atoms with E-state index in [-0.39, 0.29) is 12.1 Å². The molecule has 1 atom stereocenters. The van der Waals surface area contributed by atoms with Crippen LogP contribution in [0.4, 0.5) is 10.5 Å². The van der Waals surface area contributed by atoms with E-state index in [9.17, 15) is 4.79 Å². The molecular formula is C25H24N4O2. The Labute approximate surface area is 180 Å². The molecule has 2 amide bonds. The van der Waals surface area contributed by atoms with E-state index in [0.29, 0.717) is 12.4 Å². The molecule has 0 radical (unpaired) electrons. The summed E-state index contributed by atoms with van der Waals surface area (Å²) < 4.78 is 6.06. The molecule has 31 heavy (non-hydrogen) atoms. The quantitative estimate of drug-likeness (QED) is 0.458. The largest absolute Gasteiger partial charge is 0.438 e. The molecule has 5 rings (SSSR count). The van der Waals surface area contributed by atoms with Crippen LogP contribution in [0.1, 0.15) is 37.3 Å². The lowest BCUT2D eigenvalue weighted by molar-refractivity contribution is 0.199. The van der Waals surface area contributed by atoms with Crippen LogP contribution in [0.3, 0.4) is 0 Å². The Morgan fingerprint density at radius 2 is 2.03 bits per heavy atom. The minimum absolute atomic E-state index is 0.120. The van der Waals surface area contributed by atoms with Crippen molar-refractivity contribution in [1.82, 2.24) is 14.9 Å². The maximum absolute atomic E-state index is 12.9. The average Bonchev–Trinajstić information content (AvgIpc) is 3.46. The number of aromatic nitrogens is 2. The van der Waals surface area contributed by atoms with Crippen molar-refractivity contribution in [1.29, 1.82) is 0 Å². The number of rotatable bonds is 4. The van der Waals surface area contributed by atoms with Crippen molar-refractivity contribution < 1.29 is 9.21 Å². The second-order valence-electron chi connectivity index (χ2n) is 7.81. The third kappa shape index (κ3) is 3.89. The van der Waals surface area contributed by atoms with Crippen LogP contribution in [-0.4, -0.2) is 27.4 Å². The molecule has 6 heteroatoms. The number of likely N-dealkylation sites (tertiary alicyclic amines) is 1. The van der Waals surface area contributed by atoms with Gasteiger partial charge in [0.25, 0.3) is 0 Å². The van der Waals surface area contributed by atoms with Crippen LogP contribution >= 0.6 is 0 Å². The fourth-order valence-electron chi connectivity index (χ4n) is 4.09. The van der Waals surface area contributed by atoms with Gasteiger partial charge in [-0.2, -0.15) is 0 Å². The van der Waals surface area contributed by atoms with Crippen LogP contribution < -0.4 is 5.32 Å². The van der Waals surface area contributed by atoms with E-state index in [1.54, 1.807) is 6.20 Å². The second-order valence-corrected chi connectivity index (χ2v) is 7.81. The maximum Gasteiger partial charge on any atom is 0.322 e. The van der Waals surface area contributed by atoms with Crippen LogP contribution in [0.25, 0.3) is 22.2 Å². The monoisotopic (exact) mass is 412 g/mol. The minimum Gasteiger partial charge on any atom is -0.438 e. The molecule has 2 aromatic carbocycles. The highest BCUT2D eigenvalue weighted by atomic mass is 16.4. The van der Waals surface area contributed by atoms with E-state index in [0.717, 1.165) is 47.2 Å². The molecule has 1 unspecified atom stereocenters. The summed E-state index contributed by atoms with van der Waals surface area (Å²) in [5.74, 6) is 0.590. The number of carbonyl (C=O) groups excluding carboxylic acids is 1. The number of urea groups is 1. The second kappa shape index (κ2) is 8.22. The number of benzene rings is 2. The summed E-state index contributed by atoms with van der Waals surface area (Å²) in [5, 5.41) is 3.01. The van der Waals surface area contributed by atoms with Crippen LogP contribution in [0, 0.1) is 0 Å². The van der Waals surface area contributed by atoms with Crippen LogP contribution in [0.2, 0.25) is 0 Å². The summed E-state index contributed by atoms with van der Waals surface area (Å²) in [5.41, 5.74) is 5.63. The first-order valence-corrected chi connectivity index (χ1v) is 10.7. The van der Waals surface area contributed by atoms with Crippen molar-refractivity contribution in [3.05, 3.63) is 78.4 Å². The van der Waals surface area contributed by atoms with Gasteiger partial charge in [-0.1, -0.05) is 31.2 Å². The van der Waals surface area contributed by atoms with Gasteiger partial charge in [0.2, 0.25) is 5.89 Å². The Bertz CT molecular complexity index is 1200. The van der Waals surface area contributed by atoms with Crippen LogP contribution in [0.5, 0.6) is 0 Å². The van der Waals surface area contributed by atoms with Gasteiger partial charge in [0, 0.05) is 30.2 Å². The van der Waals surface area contributed by atoms with E-state index >= 15 is 0 Å². The van der Waals surface area contributed by atoms with Crippen molar-refractivity contribution in [2.75, 3.05) is 11.9 Å². The molecule has 1 aliphatic rings. The zero-order chi connectivity index (χ0) is 21.2. The zero-order valence-electron chi connectivity index (χ0n) is 17.4. The average molecular weight is 412 g/mol. The number of nitrogens with one attached hydrogen (secondary N) is 1. The standard InChI is InChI=1S/C25H24N4O2/c1-2-17-7-10-20(11-8-17)27-25(30)29-14-4-6-22(29)24-28-21-15-18(9-12-23(21)31-24)19-5-3-13-26-16-19/h3,5,7-13,15-16,22H,2,4,6,14H2,1H3,(H,27,30). The molecule has 2 aromatic heterocycles. The van der Waals surface area contributed by atoms with E-state index in [4.69, 9.17) is 9.40 Å². The normalized spacial score (nSPS) is 16.0. The molecule has 1 fully saturated rings. The number of carbonyl (C=O) groups is 1. The summed E-state index contributed by atoms with van der Waals surface area (Å²) in [6, 6.07) is 17.6. The zero-order valence-corrected chi connectivity index (χ0v) is 17.4. The van der Waals surface area contributed by atoms with Crippen molar-refractivity contribution in [3.8, 4) is 11.1 Å². The van der Waals surface area contributed by atoms with Crippen molar-refractivity contribution >= 4 is 22.8 Å². The highest BCUT2D eigenvalue weighted by molar-refractivity contribution is 5.90. The number of fused-ring (bicyclic) bond motifs is 1. The Hall–Kier alpha value is -3.67. The molecule has 3 heterocycles. The maximum atomic E-state index is 12.9. The first kappa shape index (κ1) is 19.3. The Morgan fingerprint density at radius 1 is 1.16 bits per heavy atom. The lowest BCUT2D eigenvalue weighted by atomic mass is 10.1. The number of anilines is 1. The Morgan fingerprint density at radius 3 is 2.81 bits per heavy atom. The van der Waals surface area contributed by atoms with E-state index < -0.39 is 0 Å². The van der Waals surface area contributed by atoms with Crippen molar-refractivity contribution in [2.45, 2.75) is 32.2 Å². The lowest BCUT2D eigenvalue weighted by Gasteiger charge is -2.22. The fraction of sp³-hybridized carbons (Fsp3) is 0.240. The molecule has 0 spiro atoms. The number of hydrogen-bond donors (Lipinski definition) is 1. The predicted molar refractivity (Wildman–Crippen MR) is 121 cm³/mol. The number of oxazole rings is 1. The van der Waals surface area contributed by atoms with Gasteiger partial charge in [-0.15, -0.1) is 0 Å². The van der Waals surface area contributed by atoms with Gasteiger partial charge < -0.3 is 14.6 Å². The summed E-state index contributed by atoms with van der Waals surface area (Å²) in [6.07, 6.45) is 6.33. The topological polar surface area (TPSA) is 71.3 Å². The highest BCUT2D eigenvalue weighted by Crippen LogP contribution is 2.34. The van der Waals surface area contributed by atoms with Gasteiger partial charge in [-0.3, -0.25) is 4.98 Å². The summed E-state index contributed by atoms with van der Waals surface area (Å²) >= 11 is 0. The summed E-state index contributed by atoms with van der Waals surface area (Å²) in [7, 11) is 0. The van der Waals surface area contributed by atoms with Gasteiger partial charge in [-0.25, -0.2) is 9.78 Å². The number of hydrogen-bond acceptors (Lipinski definition) is 4. The third-order valence-electron chi connectivity index (χ3n) is 5.81. The molecule has 0 bridgehead atoms. The van der Waals surface area contributed by atoms with Gasteiger partial charge in [0.05, 0.1) is 0 Å². The number of pyridine rings is 1. The molecule has 4 aromatic rings. The third-order valence-corrected chi connectivity index (χ3v) is 5.81. The Kier molecular flexibility index (Phi) is 5.12. The van der Waals surface area contributed by atoms with Crippen molar-refractivity contribution in [3.63, 3.8) is 0 Å². The van der Waals surface area contributed by atoms with E-state index in [1.807, 2.05) is 65.7 Å². The van der Waals surface area contributed by atoms with E-state index in [1.165, 1.54) is 5.56 Å². The predicted octanol–water partition coefficient (Wildman–Crippen LogP) is 5.82. The lowest BCUT2D eigenvalue weighted by Crippen LogP contribution is -2.34. The fourth-order valence-corrected chi connectivity index (χ4v) is 4.09. The van der Waals surface area contributed by atoms with Crippen LogP contribution in [0.15, 0.2) is 71.4 Å². The van der Waals surface area contributed by atoms with Crippen molar-refractivity contribution in [2.24, 2.45) is 0 Å². The SMILES string of the molecule is CCc1ccc(NC(=O)N2CCCC2c2nc3cc(-c4cccnc4)ccc3o2)cc1. The summed E-state index contributed by atoms with van der Waals surface area (Å²) in [4.78, 5) is 23.7. The van der Waals surface area contributed by atoms with Gasteiger partial charge >= 0.3 is 6.03 Å². The highest BCUT2D eigenvalue weighted by Gasteiger charge is 2.33. The molecule has 1 N–H and O–H groups in total. The van der Waals surface area contributed by atoms with Gasteiger partial charge in [-0.05, 0) is 60.7 Å². The molecule has 0 aliphatic carbocycles. The Balaban J connectivity index is 1.37. The molecule has 1 saturated heterocycles. The molecule has 1 aliphatic heterocycles. The molecule has 6 nitrogen and oxygen atoms in total. The number of amides is 2. The van der Waals surface area contributed by atoms with E-state index in [2.05, 4.69) is 17.2 Å². The number of nitrogens with zero attached hydrogens (tertiary/aromatic N) is 3. The van der Waals surface area contributed by atoms with Gasteiger partial charge in [0.1, 0.15) is 11.6 Å². The first-order chi connectivity index (χ1) is 15.2. The molecule has 0 saturated carbocycles. The number of aryl methyl sites for hydroxylation is 1.